The van der Waals surface area contributed by atoms with Gasteiger partial charge in [-0.25, -0.2) is 8.78 Å². The zero-order valence-corrected chi connectivity index (χ0v) is 12.8. The van der Waals surface area contributed by atoms with Gasteiger partial charge in [0.25, 0.3) is 0 Å². The third-order valence-electron chi connectivity index (χ3n) is 3.32. The lowest BCUT2D eigenvalue weighted by Crippen LogP contribution is -2.24. The summed E-state index contributed by atoms with van der Waals surface area (Å²) in [6.45, 7) is 4.71. The summed E-state index contributed by atoms with van der Waals surface area (Å²) in [5, 5.41) is 3.07. The maximum Gasteiger partial charge on any atom is 0.142 e. The van der Waals surface area contributed by atoms with E-state index >= 15 is 0 Å². The second-order valence-corrected chi connectivity index (χ2v) is 5.50. The Morgan fingerprint density at radius 1 is 1.14 bits per heavy atom. The van der Waals surface area contributed by atoms with Gasteiger partial charge in [0.15, 0.2) is 0 Å². The van der Waals surface area contributed by atoms with Gasteiger partial charge in [-0.3, -0.25) is 0 Å². The Hall–Kier alpha value is -1.45. The molecule has 2 rings (SSSR count). The second kappa shape index (κ2) is 7.01. The Labute approximate surface area is 128 Å². The summed E-state index contributed by atoms with van der Waals surface area (Å²) < 4.78 is 27.9. The van der Waals surface area contributed by atoms with Gasteiger partial charge in [-0.05, 0) is 37.6 Å². The Kier molecular flexibility index (Phi) is 5.32. The first kappa shape index (κ1) is 15.9. The predicted octanol–water partition coefficient (Wildman–Crippen LogP) is 5.02. The molecule has 21 heavy (non-hydrogen) atoms. The molecular weight excluding hydrogens is 292 g/mol. The number of benzene rings is 2. The molecular formula is C17H18ClF2N. The van der Waals surface area contributed by atoms with Crippen molar-refractivity contribution < 1.29 is 8.78 Å². The monoisotopic (exact) mass is 309 g/mol. The van der Waals surface area contributed by atoms with Gasteiger partial charge in [0.1, 0.15) is 11.6 Å². The summed E-state index contributed by atoms with van der Waals surface area (Å²) in [5.74, 6) is -1.11. The van der Waals surface area contributed by atoms with Crippen LogP contribution in [0.4, 0.5) is 8.78 Å². The number of halogens is 3. The third kappa shape index (κ3) is 3.80. The standard InChI is InChI=1S/C17H18ClF2N/c1-3-7-21-17(12-6-4-5-11(2)8-12)13-9-16(20)14(18)10-15(13)19/h4-6,8-10,17,21H,3,7H2,1-2H3. The van der Waals surface area contributed by atoms with Crippen LogP contribution in [0, 0.1) is 18.6 Å². The molecule has 0 aliphatic heterocycles. The van der Waals surface area contributed by atoms with Crippen molar-refractivity contribution in [2.75, 3.05) is 6.54 Å². The quantitative estimate of drug-likeness (QED) is 0.765. The summed E-state index contributed by atoms with van der Waals surface area (Å²) in [4.78, 5) is 0. The van der Waals surface area contributed by atoms with Gasteiger partial charge in [0.2, 0.25) is 0 Å². The van der Waals surface area contributed by atoms with E-state index in [0.717, 1.165) is 23.6 Å². The highest BCUT2D eigenvalue weighted by atomic mass is 35.5. The van der Waals surface area contributed by atoms with E-state index in [9.17, 15) is 8.78 Å². The van der Waals surface area contributed by atoms with E-state index in [1.54, 1.807) is 0 Å². The number of aryl methyl sites for hydroxylation is 1. The smallest absolute Gasteiger partial charge is 0.142 e. The predicted molar refractivity (Wildman–Crippen MR) is 82.7 cm³/mol. The highest BCUT2D eigenvalue weighted by Gasteiger charge is 2.19. The van der Waals surface area contributed by atoms with Gasteiger partial charge in [-0.15, -0.1) is 0 Å². The van der Waals surface area contributed by atoms with Crippen LogP contribution in [-0.2, 0) is 0 Å². The van der Waals surface area contributed by atoms with Crippen LogP contribution >= 0.6 is 11.6 Å². The lowest BCUT2D eigenvalue weighted by Gasteiger charge is -2.21. The molecule has 1 atom stereocenters. The van der Waals surface area contributed by atoms with Gasteiger partial charge >= 0.3 is 0 Å². The molecule has 0 aromatic heterocycles. The molecule has 4 heteroatoms. The summed E-state index contributed by atoms with van der Waals surface area (Å²) >= 11 is 5.63. The van der Waals surface area contributed by atoms with Crippen molar-refractivity contribution in [3.05, 3.63) is 69.7 Å². The molecule has 2 aromatic rings. The first-order chi connectivity index (χ1) is 10.0. The van der Waals surface area contributed by atoms with Crippen LogP contribution in [-0.4, -0.2) is 6.54 Å². The highest BCUT2D eigenvalue weighted by Crippen LogP contribution is 2.28. The van der Waals surface area contributed by atoms with Crippen LogP contribution in [0.5, 0.6) is 0 Å². The van der Waals surface area contributed by atoms with Crippen molar-refractivity contribution in [1.82, 2.24) is 5.32 Å². The Morgan fingerprint density at radius 3 is 2.57 bits per heavy atom. The van der Waals surface area contributed by atoms with Crippen molar-refractivity contribution in [2.45, 2.75) is 26.3 Å². The molecule has 0 saturated carbocycles. The fourth-order valence-corrected chi connectivity index (χ4v) is 2.46. The molecule has 0 aliphatic rings. The summed E-state index contributed by atoms with van der Waals surface area (Å²) in [6, 6.07) is 9.58. The van der Waals surface area contributed by atoms with Crippen LogP contribution in [0.15, 0.2) is 36.4 Å². The molecule has 0 bridgehead atoms. The van der Waals surface area contributed by atoms with Crippen LogP contribution < -0.4 is 5.32 Å². The van der Waals surface area contributed by atoms with Gasteiger partial charge in [-0.1, -0.05) is 48.4 Å². The Morgan fingerprint density at radius 2 is 1.90 bits per heavy atom. The van der Waals surface area contributed by atoms with Gasteiger partial charge < -0.3 is 5.32 Å². The second-order valence-electron chi connectivity index (χ2n) is 5.09. The molecule has 1 unspecified atom stereocenters. The molecule has 1 nitrogen and oxygen atoms in total. The van der Waals surface area contributed by atoms with E-state index in [4.69, 9.17) is 11.6 Å². The number of nitrogens with one attached hydrogen (secondary N) is 1. The molecule has 1 N–H and O–H groups in total. The lowest BCUT2D eigenvalue weighted by atomic mass is 9.96. The van der Waals surface area contributed by atoms with E-state index in [1.807, 2.05) is 38.1 Å². The topological polar surface area (TPSA) is 12.0 Å². The zero-order chi connectivity index (χ0) is 15.4. The average Bonchev–Trinajstić information content (AvgIpc) is 2.44. The molecule has 0 aliphatic carbocycles. The first-order valence-corrected chi connectivity index (χ1v) is 7.35. The molecule has 0 heterocycles. The van der Waals surface area contributed by atoms with Crippen molar-refractivity contribution in [1.29, 1.82) is 0 Å². The van der Waals surface area contributed by atoms with Crippen LogP contribution in [0.3, 0.4) is 0 Å². The molecule has 0 radical (unpaired) electrons. The summed E-state index contributed by atoms with van der Waals surface area (Å²) in [6.07, 6.45) is 0.903. The largest absolute Gasteiger partial charge is 0.306 e. The molecule has 0 amide bonds. The minimum Gasteiger partial charge on any atom is -0.306 e. The Balaban J connectivity index is 2.47. The van der Waals surface area contributed by atoms with E-state index in [1.165, 1.54) is 6.07 Å². The fraction of sp³-hybridized carbons (Fsp3) is 0.294. The van der Waals surface area contributed by atoms with Gasteiger partial charge in [-0.2, -0.15) is 0 Å². The number of rotatable bonds is 5. The summed E-state index contributed by atoms with van der Waals surface area (Å²) in [5.41, 5.74) is 2.26. The van der Waals surface area contributed by atoms with E-state index in [-0.39, 0.29) is 10.6 Å². The van der Waals surface area contributed by atoms with E-state index in [0.29, 0.717) is 6.54 Å². The SMILES string of the molecule is CCCNC(c1cccc(C)c1)c1cc(F)c(Cl)cc1F. The minimum atomic E-state index is -0.607. The van der Waals surface area contributed by atoms with Gasteiger partial charge in [0.05, 0.1) is 11.1 Å². The summed E-state index contributed by atoms with van der Waals surface area (Å²) in [7, 11) is 0. The average molecular weight is 310 g/mol. The van der Waals surface area contributed by atoms with Crippen LogP contribution in [0.2, 0.25) is 5.02 Å². The lowest BCUT2D eigenvalue weighted by molar-refractivity contribution is 0.535. The fourth-order valence-electron chi connectivity index (χ4n) is 2.30. The molecule has 0 spiro atoms. The minimum absolute atomic E-state index is 0.199. The first-order valence-electron chi connectivity index (χ1n) is 6.97. The molecule has 112 valence electrons. The normalized spacial score (nSPS) is 12.4. The molecule has 0 saturated heterocycles. The van der Waals surface area contributed by atoms with E-state index in [2.05, 4.69) is 5.32 Å². The van der Waals surface area contributed by atoms with Crippen molar-refractivity contribution in [3.63, 3.8) is 0 Å². The zero-order valence-electron chi connectivity index (χ0n) is 12.1. The third-order valence-corrected chi connectivity index (χ3v) is 3.61. The van der Waals surface area contributed by atoms with Crippen molar-refractivity contribution in [2.24, 2.45) is 0 Å². The van der Waals surface area contributed by atoms with Crippen LogP contribution in [0.25, 0.3) is 0 Å². The molecule has 0 fully saturated rings. The Bertz CT molecular complexity index is 628. The number of hydrogen-bond donors (Lipinski definition) is 1. The molecule has 2 aromatic carbocycles. The maximum atomic E-state index is 14.2. The van der Waals surface area contributed by atoms with Gasteiger partial charge in [0, 0.05) is 5.56 Å². The van der Waals surface area contributed by atoms with Crippen molar-refractivity contribution in [3.8, 4) is 0 Å². The maximum absolute atomic E-state index is 14.2. The van der Waals surface area contributed by atoms with E-state index < -0.39 is 17.7 Å². The number of hydrogen-bond acceptors (Lipinski definition) is 1. The highest BCUT2D eigenvalue weighted by molar-refractivity contribution is 6.30. The van der Waals surface area contributed by atoms with Crippen LogP contribution in [0.1, 0.15) is 36.1 Å². The van der Waals surface area contributed by atoms with Crippen molar-refractivity contribution >= 4 is 11.6 Å².